The molecule has 0 bridgehead atoms. The summed E-state index contributed by atoms with van der Waals surface area (Å²) in [6, 6.07) is 5.75. The quantitative estimate of drug-likeness (QED) is 0.801. The lowest BCUT2D eigenvalue weighted by molar-refractivity contribution is 0.0952. The molecule has 1 amide bonds. The molecule has 1 N–H and O–H groups in total. The SMILES string of the molecule is Cc1oc(C)c(C(=O)NCCc2nnc3ccccn23)c1C. The maximum Gasteiger partial charge on any atom is 0.255 e. The summed E-state index contributed by atoms with van der Waals surface area (Å²) in [5.74, 6) is 2.15. The number of nitrogens with zero attached hydrogens (tertiary/aromatic N) is 3. The van der Waals surface area contributed by atoms with Crippen molar-refractivity contribution in [3.63, 3.8) is 0 Å². The predicted octanol–water partition coefficient (Wildman–Crippen LogP) is 2.22. The zero-order chi connectivity index (χ0) is 15.7. The highest BCUT2D eigenvalue weighted by Crippen LogP contribution is 2.20. The zero-order valence-electron chi connectivity index (χ0n) is 12.9. The van der Waals surface area contributed by atoms with E-state index in [1.165, 1.54) is 0 Å². The summed E-state index contributed by atoms with van der Waals surface area (Å²) in [5.41, 5.74) is 2.33. The third-order valence-electron chi connectivity index (χ3n) is 3.81. The fraction of sp³-hybridized carbons (Fsp3) is 0.312. The van der Waals surface area contributed by atoms with E-state index < -0.39 is 0 Å². The summed E-state index contributed by atoms with van der Waals surface area (Å²) in [6.07, 6.45) is 2.53. The number of pyridine rings is 1. The van der Waals surface area contributed by atoms with Crippen LogP contribution in [0.2, 0.25) is 0 Å². The lowest BCUT2D eigenvalue weighted by Gasteiger charge is -2.05. The number of rotatable bonds is 4. The Bertz CT molecular complexity index is 832. The second-order valence-electron chi connectivity index (χ2n) is 5.27. The molecule has 0 radical (unpaired) electrons. The number of carbonyl (C=O) groups excluding carboxylic acids is 1. The molecule has 0 saturated heterocycles. The van der Waals surface area contributed by atoms with Crippen LogP contribution in [0, 0.1) is 20.8 Å². The average Bonchev–Trinajstić information content (AvgIpc) is 3.01. The monoisotopic (exact) mass is 298 g/mol. The molecule has 0 aromatic carbocycles. The molecule has 3 rings (SSSR count). The van der Waals surface area contributed by atoms with Crippen LogP contribution >= 0.6 is 0 Å². The second kappa shape index (κ2) is 5.63. The van der Waals surface area contributed by atoms with E-state index in [1.54, 1.807) is 6.92 Å². The van der Waals surface area contributed by atoms with Crippen molar-refractivity contribution in [3.8, 4) is 0 Å². The van der Waals surface area contributed by atoms with Gasteiger partial charge in [-0.1, -0.05) is 6.07 Å². The molecular weight excluding hydrogens is 280 g/mol. The average molecular weight is 298 g/mol. The number of hydrogen-bond acceptors (Lipinski definition) is 4. The van der Waals surface area contributed by atoms with Crippen molar-refractivity contribution in [2.24, 2.45) is 0 Å². The van der Waals surface area contributed by atoms with Gasteiger partial charge in [-0.3, -0.25) is 9.20 Å². The second-order valence-corrected chi connectivity index (χ2v) is 5.27. The van der Waals surface area contributed by atoms with Gasteiger partial charge in [0.1, 0.15) is 17.3 Å². The first-order chi connectivity index (χ1) is 10.6. The topological polar surface area (TPSA) is 72.4 Å². The highest BCUT2D eigenvalue weighted by Gasteiger charge is 2.18. The molecule has 0 aliphatic carbocycles. The number of amides is 1. The molecule has 0 spiro atoms. The Balaban J connectivity index is 1.67. The first kappa shape index (κ1) is 14.3. The normalized spacial score (nSPS) is 11.0. The number of nitrogens with one attached hydrogen (secondary N) is 1. The van der Waals surface area contributed by atoms with E-state index in [2.05, 4.69) is 15.5 Å². The molecule has 0 unspecified atom stereocenters. The maximum absolute atomic E-state index is 12.3. The summed E-state index contributed by atoms with van der Waals surface area (Å²) in [7, 11) is 0. The first-order valence-corrected chi connectivity index (χ1v) is 7.21. The van der Waals surface area contributed by atoms with Crippen LogP contribution in [-0.4, -0.2) is 27.0 Å². The van der Waals surface area contributed by atoms with E-state index in [-0.39, 0.29) is 5.91 Å². The number of hydrogen-bond donors (Lipinski definition) is 1. The van der Waals surface area contributed by atoms with Crippen LogP contribution in [0.4, 0.5) is 0 Å². The van der Waals surface area contributed by atoms with E-state index in [1.807, 2.05) is 42.6 Å². The van der Waals surface area contributed by atoms with Gasteiger partial charge in [-0.25, -0.2) is 0 Å². The van der Waals surface area contributed by atoms with Crippen molar-refractivity contribution < 1.29 is 9.21 Å². The van der Waals surface area contributed by atoms with Crippen molar-refractivity contribution in [2.75, 3.05) is 6.54 Å². The van der Waals surface area contributed by atoms with Crippen LogP contribution < -0.4 is 5.32 Å². The predicted molar refractivity (Wildman–Crippen MR) is 81.9 cm³/mol. The van der Waals surface area contributed by atoms with Gasteiger partial charge >= 0.3 is 0 Å². The van der Waals surface area contributed by atoms with Crippen LogP contribution in [-0.2, 0) is 6.42 Å². The molecule has 114 valence electrons. The summed E-state index contributed by atoms with van der Waals surface area (Å²) in [6.45, 7) is 6.06. The molecule has 3 aromatic rings. The van der Waals surface area contributed by atoms with Crippen LogP contribution in [0.15, 0.2) is 28.8 Å². The third kappa shape index (κ3) is 2.47. The summed E-state index contributed by atoms with van der Waals surface area (Å²) in [5, 5.41) is 11.2. The van der Waals surface area contributed by atoms with Gasteiger partial charge in [-0.2, -0.15) is 0 Å². The Labute approximate surface area is 128 Å². The van der Waals surface area contributed by atoms with Crippen LogP contribution in [0.1, 0.15) is 33.3 Å². The van der Waals surface area contributed by atoms with Crippen molar-refractivity contribution in [2.45, 2.75) is 27.2 Å². The Morgan fingerprint density at radius 2 is 2.05 bits per heavy atom. The highest BCUT2D eigenvalue weighted by atomic mass is 16.3. The maximum atomic E-state index is 12.3. The Hall–Kier alpha value is -2.63. The zero-order valence-corrected chi connectivity index (χ0v) is 12.9. The fourth-order valence-corrected chi connectivity index (χ4v) is 2.57. The molecule has 0 atom stereocenters. The van der Waals surface area contributed by atoms with E-state index in [0.717, 1.165) is 22.8 Å². The van der Waals surface area contributed by atoms with E-state index >= 15 is 0 Å². The van der Waals surface area contributed by atoms with E-state index in [9.17, 15) is 4.79 Å². The summed E-state index contributed by atoms with van der Waals surface area (Å²) in [4.78, 5) is 12.3. The smallest absolute Gasteiger partial charge is 0.255 e. The Morgan fingerprint density at radius 3 is 2.77 bits per heavy atom. The molecule has 3 aromatic heterocycles. The van der Waals surface area contributed by atoms with Crippen LogP contribution in [0.5, 0.6) is 0 Å². The number of aryl methyl sites for hydroxylation is 2. The molecular formula is C16H18N4O2. The molecule has 0 aliphatic rings. The lowest BCUT2D eigenvalue weighted by Crippen LogP contribution is -2.27. The van der Waals surface area contributed by atoms with Crippen molar-refractivity contribution in [3.05, 3.63) is 52.9 Å². The number of furan rings is 1. The Morgan fingerprint density at radius 1 is 1.23 bits per heavy atom. The largest absolute Gasteiger partial charge is 0.466 e. The lowest BCUT2D eigenvalue weighted by atomic mass is 10.1. The third-order valence-corrected chi connectivity index (χ3v) is 3.81. The van der Waals surface area contributed by atoms with Gasteiger partial charge in [-0.15, -0.1) is 10.2 Å². The molecule has 6 heteroatoms. The molecule has 22 heavy (non-hydrogen) atoms. The van der Waals surface area contributed by atoms with Crippen molar-refractivity contribution in [1.29, 1.82) is 0 Å². The van der Waals surface area contributed by atoms with E-state index in [4.69, 9.17) is 4.42 Å². The van der Waals surface area contributed by atoms with E-state index in [0.29, 0.717) is 24.3 Å². The molecule has 0 saturated carbocycles. The fourth-order valence-electron chi connectivity index (χ4n) is 2.57. The number of aromatic nitrogens is 3. The Kier molecular flexibility index (Phi) is 3.66. The first-order valence-electron chi connectivity index (χ1n) is 7.21. The summed E-state index contributed by atoms with van der Waals surface area (Å²) < 4.78 is 7.41. The van der Waals surface area contributed by atoms with Gasteiger partial charge in [0.25, 0.3) is 5.91 Å². The van der Waals surface area contributed by atoms with Gasteiger partial charge < -0.3 is 9.73 Å². The van der Waals surface area contributed by atoms with Gasteiger partial charge in [0, 0.05) is 24.7 Å². The molecule has 3 heterocycles. The highest BCUT2D eigenvalue weighted by molar-refractivity contribution is 5.96. The summed E-state index contributed by atoms with van der Waals surface area (Å²) >= 11 is 0. The van der Waals surface area contributed by atoms with Crippen LogP contribution in [0.25, 0.3) is 5.65 Å². The van der Waals surface area contributed by atoms with Gasteiger partial charge in [0.15, 0.2) is 5.65 Å². The number of fused-ring (bicyclic) bond motifs is 1. The molecule has 6 nitrogen and oxygen atoms in total. The number of carbonyl (C=O) groups is 1. The van der Waals surface area contributed by atoms with Crippen molar-refractivity contribution in [1.82, 2.24) is 19.9 Å². The minimum atomic E-state index is -0.110. The molecule has 0 aliphatic heterocycles. The minimum absolute atomic E-state index is 0.110. The van der Waals surface area contributed by atoms with Gasteiger partial charge in [-0.05, 0) is 32.9 Å². The van der Waals surface area contributed by atoms with Crippen LogP contribution in [0.3, 0.4) is 0 Å². The standard InChI is InChI=1S/C16H18N4O2/c1-10-11(2)22-12(3)15(10)16(21)17-8-7-14-19-18-13-6-4-5-9-20(13)14/h4-6,9H,7-8H2,1-3H3,(H,17,21). The van der Waals surface area contributed by atoms with Gasteiger partial charge in [0.05, 0.1) is 5.56 Å². The minimum Gasteiger partial charge on any atom is -0.466 e. The molecule has 0 fully saturated rings. The van der Waals surface area contributed by atoms with Crippen molar-refractivity contribution >= 4 is 11.6 Å². The van der Waals surface area contributed by atoms with Gasteiger partial charge in [0.2, 0.25) is 0 Å².